The number of anilines is 1. The second-order valence-corrected chi connectivity index (χ2v) is 7.28. The van der Waals surface area contributed by atoms with Crippen LogP contribution in [-0.4, -0.2) is 49.2 Å². The zero-order chi connectivity index (χ0) is 20.3. The van der Waals surface area contributed by atoms with E-state index in [0.29, 0.717) is 5.56 Å². The number of nitrogens with one attached hydrogen (secondary N) is 1. The predicted octanol–water partition coefficient (Wildman–Crippen LogP) is 0.253. The van der Waals surface area contributed by atoms with Crippen molar-refractivity contribution in [3.05, 3.63) is 58.6 Å². The number of ether oxygens (including phenoxy) is 1. The number of carbonyl (C=O) groups is 1. The number of hydrogen-bond donors (Lipinski definition) is 4. The van der Waals surface area contributed by atoms with Crippen molar-refractivity contribution in [3.8, 4) is 0 Å². The molecule has 1 aliphatic rings. The molecule has 1 fully saturated rings. The zero-order valence-electron chi connectivity index (χ0n) is 14.4. The molecule has 2 aromatic rings. The van der Waals surface area contributed by atoms with Gasteiger partial charge in [-0.2, -0.15) is 4.98 Å². The Morgan fingerprint density at radius 1 is 1.32 bits per heavy atom. The van der Waals surface area contributed by atoms with Crippen LogP contribution in [-0.2, 0) is 13.8 Å². The molecule has 4 N–H and O–H groups in total. The van der Waals surface area contributed by atoms with Crippen LogP contribution < -0.4 is 11.0 Å². The predicted molar refractivity (Wildman–Crippen MR) is 95.4 cm³/mol. The van der Waals surface area contributed by atoms with Crippen LogP contribution in [0.5, 0.6) is 0 Å². The summed E-state index contributed by atoms with van der Waals surface area (Å²) in [5, 5.41) is 12.5. The molecule has 1 amide bonds. The van der Waals surface area contributed by atoms with Gasteiger partial charge >= 0.3 is 13.5 Å². The van der Waals surface area contributed by atoms with Crippen LogP contribution in [0.25, 0.3) is 0 Å². The maximum Gasteiger partial charge on any atom is 0.469 e. The summed E-state index contributed by atoms with van der Waals surface area (Å²) in [6.07, 6.45) is -1.63. The molecule has 0 saturated carbocycles. The van der Waals surface area contributed by atoms with Crippen molar-refractivity contribution in [2.45, 2.75) is 24.9 Å². The molecule has 12 heteroatoms. The van der Waals surface area contributed by atoms with Crippen LogP contribution >= 0.6 is 7.82 Å². The number of rotatable bonds is 6. The number of nitrogens with zero attached hydrogens (tertiary/aromatic N) is 2. The smallest absolute Gasteiger partial charge is 0.390 e. The van der Waals surface area contributed by atoms with Gasteiger partial charge in [0.15, 0.2) is 0 Å². The lowest BCUT2D eigenvalue weighted by molar-refractivity contribution is -0.0450. The molecule has 3 atom stereocenters. The topological polar surface area (TPSA) is 160 Å². The van der Waals surface area contributed by atoms with E-state index in [4.69, 9.17) is 14.5 Å². The van der Waals surface area contributed by atoms with Crippen molar-refractivity contribution in [2.75, 3.05) is 11.9 Å². The summed E-state index contributed by atoms with van der Waals surface area (Å²) >= 11 is 0. The summed E-state index contributed by atoms with van der Waals surface area (Å²) in [7, 11) is -4.70. The molecule has 3 rings (SSSR count). The Morgan fingerprint density at radius 2 is 2.04 bits per heavy atom. The summed E-state index contributed by atoms with van der Waals surface area (Å²) in [6, 6.07) is 9.81. The Morgan fingerprint density at radius 3 is 2.68 bits per heavy atom. The van der Waals surface area contributed by atoms with E-state index in [1.54, 1.807) is 30.3 Å². The minimum Gasteiger partial charge on any atom is -0.390 e. The lowest BCUT2D eigenvalue weighted by Crippen LogP contribution is -2.29. The molecule has 28 heavy (non-hydrogen) atoms. The molecule has 0 spiro atoms. The van der Waals surface area contributed by atoms with Gasteiger partial charge < -0.3 is 24.9 Å². The Bertz CT molecular complexity index is 944. The molecule has 2 heterocycles. The van der Waals surface area contributed by atoms with E-state index >= 15 is 0 Å². The first kappa shape index (κ1) is 20.3. The van der Waals surface area contributed by atoms with Gasteiger partial charge in [0, 0.05) is 18.2 Å². The second kappa shape index (κ2) is 8.31. The molecule has 150 valence electrons. The fourth-order valence-corrected chi connectivity index (χ4v) is 3.03. The van der Waals surface area contributed by atoms with Crippen molar-refractivity contribution in [1.82, 2.24) is 9.55 Å². The quantitative estimate of drug-likeness (QED) is 0.489. The van der Waals surface area contributed by atoms with Gasteiger partial charge in [0.05, 0.1) is 12.7 Å². The molecular weight excluding hydrogens is 393 g/mol. The summed E-state index contributed by atoms with van der Waals surface area (Å²) < 4.78 is 21.7. The normalized spacial score (nSPS) is 22.2. The van der Waals surface area contributed by atoms with Gasteiger partial charge in [-0.3, -0.25) is 13.9 Å². The molecule has 1 aliphatic heterocycles. The molecule has 11 nitrogen and oxygen atoms in total. The van der Waals surface area contributed by atoms with Gasteiger partial charge in [0.25, 0.3) is 5.91 Å². The van der Waals surface area contributed by atoms with Gasteiger partial charge in [-0.25, -0.2) is 9.36 Å². The van der Waals surface area contributed by atoms with E-state index in [9.17, 15) is 19.3 Å². The number of phosphoric acid groups is 1. The standard InChI is InChI=1S/C16H18N3O8P/c20-11-8-14(27-12(11)9-26-28(23,24)25)19-7-6-13(18-16(19)22)17-15(21)10-4-2-1-3-5-10/h1-7,11-12,14,20H,8-9H2,(H2,23,24,25)(H,17,18,21,22)/t11-,12+,14+/m0/s1. The first-order chi connectivity index (χ1) is 13.2. The lowest BCUT2D eigenvalue weighted by atomic mass is 10.2. The van der Waals surface area contributed by atoms with Crippen LogP contribution in [0.15, 0.2) is 47.4 Å². The van der Waals surface area contributed by atoms with E-state index in [2.05, 4.69) is 14.8 Å². The number of amides is 1. The molecule has 0 radical (unpaired) electrons. The number of hydrogen-bond acceptors (Lipinski definition) is 7. The van der Waals surface area contributed by atoms with Crippen LogP contribution in [0.2, 0.25) is 0 Å². The fourth-order valence-electron chi connectivity index (χ4n) is 2.69. The summed E-state index contributed by atoms with van der Waals surface area (Å²) in [5.74, 6) is -0.373. The van der Waals surface area contributed by atoms with Crippen molar-refractivity contribution in [2.24, 2.45) is 0 Å². The third kappa shape index (κ3) is 5.10. The Balaban J connectivity index is 1.67. The lowest BCUT2D eigenvalue weighted by Gasteiger charge is -2.16. The van der Waals surface area contributed by atoms with Crippen molar-refractivity contribution in [1.29, 1.82) is 0 Å². The van der Waals surface area contributed by atoms with Gasteiger partial charge in [-0.05, 0) is 18.2 Å². The van der Waals surface area contributed by atoms with Gasteiger partial charge in [-0.15, -0.1) is 0 Å². The Hall–Kier alpha value is -2.40. The van der Waals surface area contributed by atoms with Crippen LogP contribution in [0, 0.1) is 0 Å². The van der Waals surface area contributed by atoms with Crippen molar-refractivity contribution in [3.63, 3.8) is 0 Å². The molecule has 1 aromatic heterocycles. The number of aliphatic hydroxyl groups excluding tert-OH is 1. The molecule has 1 aromatic carbocycles. The maximum atomic E-state index is 12.3. The molecule has 0 aliphatic carbocycles. The van der Waals surface area contributed by atoms with E-state index in [0.717, 1.165) is 4.57 Å². The van der Waals surface area contributed by atoms with Crippen LogP contribution in [0.4, 0.5) is 5.82 Å². The minimum absolute atomic E-state index is 0.00644. The number of aliphatic hydroxyl groups is 1. The zero-order valence-corrected chi connectivity index (χ0v) is 15.3. The van der Waals surface area contributed by atoms with E-state index in [-0.39, 0.29) is 12.2 Å². The van der Waals surface area contributed by atoms with Gasteiger partial charge in [0.2, 0.25) is 0 Å². The van der Waals surface area contributed by atoms with Gasteiger partial charge in [-0.1, -0.05) is 18.2 Å². The highest BCUT2D eigenvalue weighted by molar-refractivity contribution is 7.46. The highest BCUT2D eigenvalue weighted by Crippen LogP contribution is 2.38. The maximum absolute atomic E-state index is 12.3. The average molecular weight is 411 g/mol. The fraction of sp³-hybridized carbons (Fsp3) is 0.312. The Labute approximate surface area is 158 Å². The van der Waals surface area contributed by atoms with Crippen LogP contribution in [0.3, 0.4) is 0 Å². The average Bonchev–Trinajstić information content (AvgIpc) is 3.01. The largest absolute Gasteiger partial charge is 0.469 e. The second-order valence-electron chi connectivity index (χ2n) is 6.04. The van der Waals surface area contributed by atoms with E-state index in [1.807, 2.05) is 0 Å². The third-order valence-corrected chi connectivity index (χ3v) is 4.51. The first-order valence-corrected chi connectivity index (χ1v) is 9.75. The Kier molecular flexibility index (Phi) is 6.04. The van der Waals surface area contributed by atoms with Crippen molar-refractivity contribution >= 4 is 19.5 Å². The number of carbonyl (C=O) groups excluding carboxylic acids is 1. The summed E-state index contributed by atoms with van der Waals surface area (Å²) in [5.41, 5.74) is -0.316. The number of aromatic nitrogens is 2. The molecule has 0 bridgehead atoms. The minimum atomic E-state index is -4.70. The number of phosphoric ester groups is 1. The SMILES string of the molecule is O=C(Nc1ccn([C@H]2C[C@H](O)[C@@H](COP(=O)(O)O)O2)c(=O)n1)c1ccccc1. The molecular formula is C16H18N3O8P. The van der Waals surface area contributed by atoms with Crippen molar-refractivity contribution < 1.29 is 33.5 Å². The highest BCUT2D eigenvalue weighted by Gasteiger charge is 2.37. The van der Waals surface area contributed by atoms with Crippen LogP contribution in [0.1, 0.15) is 23.0 Å². The molecule has 1 saturated heterocycles. The third-order valence-electron chi connectivity index (χ3n) is 4.03. The molecule has 0 unspecified atom stereocenters. The van der Waals surface area contributed by atoms with Gasteiger partial charge in [0.1, 0.15) is 18.1 Å². The highest BCUT2D eigenvalue weighted by atomic mass is 31.2. The van der Waals surface area contributed by atoms with E-state index < -0.39 is 44.5 Å². The summed E-state index contributed by atoms with van der Waals surface area (Å²) in [4.78, 5) is 45.6. The van der Waals surface area contributed by atoms with E-state index in [1.165, 1.54) is 12.3 Å². The number of benzene rings is 1. The monoisotopic (exact) mass is 411 g/mol. The summed E-state index contributed by atoms with van der Waals surface area (Å²) in [6.45, 7) is -0.532. The first-order valence-electron chi connectivity index (χ1n) is 8.22.